The van der Waals surface area contributed by atoms with Crippen molar-refractivity contribution in [2.24, 2.45) is 0 Å². The molecule has 5 heteroatoms. The molecule has 0 aliphatic heterocycles. The average Bonchev–Trinajstić information content (AvgIpc) is 2.14. The van der Waals surface area contributed by atoms with Crippen molar-refractivity contribution in [3.8, 4) is 0 Å². The molecule has 0 radical (unpaired) electrons. The second kappa shape index (κ2) is 5.29. The number of hydrogen-bond acceptors (Lipinski definition) is 3. The molecule has 1 heterocycles. The minimum atomic E-state index is -0.179. The van der Waals surface area contributed by atoms with Gasteiger partial charge in [0.1, 0.15) is 6.33 Å². The van der Waals surface area contributed by atoms with Gasteiger partial charge in [-0.1, -0.05) is 0 Å². The summed E-state index contributed by atoms with van der Waals surface area (Å²) in [5, 5.41) is 5.45. The largest absolute Gasteiger partial charge is 0.336 e. The van der Waals surface area contributed by atoms with E-state index in [-0.39, 0.29) is 12.1 Å². The molecule has 0 aliphatic rings. The van der Waals surface area contributed by atoms with Crippen LogP contribution in [0.5, 0.6) is 0 Å². The Morgan fingerprint density at radius 3 is 2.80 bits per heavy atom. The fourth-order valence-electron chi connectivity index (χ4n) is 1.09. The number of carbonyl (C=O) groups excluding carboxylic acids is 1. The number of rotatable bonds is 3. The van der Waals surface area contributed by atoms with Gasteiger partial charge in [-0.05, 0) is 26.8 Å². The zero-order valence-corrected chi connectivity index (χ0v) is 9.24. The number of aromatic nitrogens is 2. The molecule has 0 bridgehead atoms. The van der Waals surface area contributed by atoms with Crippen LogP contribution in [0.4, 0.5) is 4.79 Å². The van der Waals surface area contributed by atoms with E-state index in [1.807, 2.05) is 26.8 Å². The maximum atomic E-state index is 11.2. The molecule has 0 aliphatic carbocycles. The fourth-order valence-corrected chi connectivity index (χ4v) is 1.09. The summed E-state index contributed by atoms with van der Waals surface area (Å²) < 4.78 is 0. The Labute approximate surface area is 89.3 Å². The topological polar surface area (TPSA) is 66.9 Å². The Kier molecular flexibility index (Phi) is 4.03. The lowest BCUT2D eigenvalue weighted by Gasteiger charge is -2.09. The van der Waals surface area contributed by atoms with Crippen molar-refractivity contribution in [2.45, 2.75) is 33.4 Å². The number of urea groups is 1. The highest BCUT2D eigenvalue weighted by molar-refractivity contribution is 5.73. The summed E-state index contributed by atoms with van der Waals surface area (Å²) in [7, 11) is 0. The molecule has 0 atom stereocenters. The van der Waals surface area contributed by atoms with Gasteiger partial charge in [0.15, 0.2) is 0 Å². The van der Waals surface area contributed by atoms with Gasteiger partial charge in [0, 0.05) is 11.7 Å². The van der Waals surface area contributed by atoms with Crippen LogP contribution in [0.2, 0.25) is 0 Å². The first-order valence-corrected chi connectivity index (χ1v) is 4.90. The summed E-state index contributed by atoms with van der Waals surface area (Å²) in [6, 6.07) is 1.80. The van der Waals surface area contributed by atoms with E-state index in [0.29, 0.717) is 6.54 Å². The van der Waals surface area contributed by atoms with E-state index < -0.39 is 0 Å². The van der Waals surface area contributed by atoms with Gasteiger partial charge in [-0.3, -0.25) is 0 Å². The van der Waals surface area contributed by atoms with Gasteiger partial charge in [-0.25, -0.2) is 14.8 Å². The smallest absolute Gasteiger partial charge is 0.315 e. The second-order valence-corrected chi connectivity index (χ2v) is 3.63. The number of nitrogens with one attached hydrogen (secondary N) is 2. The van der Waals surface area contributed by atoms with Crippen LogP contribution < -0.4 is 10.6 Å². The number of hydrogen-bond donors (Lipinski definition) is 2. The van der Waals surface area contributed by atoms with E-state index in [4.69, 9.17) is 0 Å². The van der Waals surface area contributed by atoms with Crippen LogP contribution in [0.3, 0.4) is 0 Å². The third-order valence-corrected chi connectivity index (χ3v) is 1.71. The summed E-state index contributed by atoms with van der Waals surface area (Å²) in [5.41, 5.74) is 1.70. The summed E-state index contributed by atoms with van der Waals surface area (Å²) in [4.78, 5) is 19.3. The summed E-state index contributed by atoms with van der Waals surface area (Å²) in [6.07, 6.45) is 1.49. The molecular formula is C10H16N4O. The lowest BCUT2D eigenvalue weighted by atomic mass is 10.3. The Morgan fingerprint density at radius 1 is 1.47 bits per heavy atom. The molecule has 0 aromatic carbocycles. The van der Waals surface area contributed by atoms with Crippen LogP contribution in [0, 0.1) is 6.92 Å². The highest BCUT2D eigenvalue weighted by Crippen LogP contribution is 1.95. The standard InChI is InChI=1S/C10H16N4O/c1-7(2)14-10(15)11-5-9-4-8(3)12-6-13-9/h4,6-7H,5H2,1-3H3,(H2,11,14,15). The molecule has 0 saturated heterocycles. The molecule has 1 aromatic heterocycles. The predicted molar refractivity (Wildman–Crippen MR) is 57.3 cm³/mol. The molecule has 5 nitrogen and oxygen atoms in total. The summed E-state index contributed by atoms with van der Waals surface area (Å²) >= 11 is 0. The minimum Gasteiger partial charge on any atom is -0.336 e. The molecule has 0 unspecified atom stereocenters. The van der Waals surface area contributed by atoms with Crippen LogP contribution in [-0.4, -0.2) is 22.0 Å². The predicted octanol–water partition coefficient (Wildman–Crippen LogP) is 0.993. The van der Waals surface area contributed by atoms with Crippen molar-refractivity contribution in [1.82, 2.24) is 20.6 Å². The first-order chi connectivity index (χ1) is 7.08. The van der Waals surface area contributed by atoms with Crippen LogP contribution in [0.15, 0.2) is 12.4 Å². The molecule has 1 rings (SSSR count). The number of amides is 2. The van der Waals surface area contributed by atoms with Gasteiger partial charge in [0.25, 0.3) is 0 Å². The van der Waals surface area contributed by atoms with E-state index in [2.05, 4.69) is 20.6 Å². The second-order valence-electron chi connectivity index (χ2n) is 3.63. The van der Waals surface area contributed by atoms with E-state index in [9.17, 15) is 4.79 Å². The molecule has 0 fully saturated rings. The lowest BCUT2D eigenvalue weighted by Crippen LogP contribution is -2.39. The third-order valence-electron chi connectivity index (χ3n) is 1.71. The molecule has 15 heavy (non-hydrogen) atoms. The van der Waals surface area contributed by atoms with Gasteiger partial charge in [-0.15, -0.1) is 0 Å². The Morgan fingerprint density at radius 2 is 2.20 bits per heavy atom. The minimum absolute atomic E-state index is 0.136. The number of nitrogens with zero attached hydrogens (tertiary/aromatic N) is 2. The monoisotopic (exact) mass is 208 g/mol. The van der Waals surface area contributed by atoms with Gasteiger partial charge in [-0.2, -0.15) is 0 Å². The van der Waals surface area contributed by atoms with Crippen molar-refractivity contribution >= 4 is 6.03 Å². The van der Waals surface area contributed by atoms with Gasteiger partial charge in [0.05, 0.1) is 12.2 Å². The van der Waals surface area contributed by atoms with Gasteiger partial charge < -0.3 is 10.6 Å². The van der Waals surface area contributed by atoms with Crippen molar-refractivity contribution in [3.63, 3.8) is 0 Å². The van der Waals surface area contributed by atoms with E-state index in [0.717, 1.165) is 11.4 Å². The van der Waals surface area contributed by atoms with Crippen molar-refractivity contribution in [3.05, 3.63) is 23.8 Å². The molecular weight excluding hydrogens is 192 g/mol. The Hall–Kier alpha value is -1.65. The highest BCUT2D eigenvalue weighted by Gasteiger charge is 2.02. The molecule has 82 valence electrons. The normalized spacial score (nSPS) is 10.1. The highest BCUT2D eigenvalue weighted by atomic mass is 16.2. The molecule has 0 saturated carbocycles. The van der Waals surface area contributed by atoms with Crippen LogP contribution in [-0.2, 0) is 6.54 Å². The zero-order chi connectivity index (χ0) is 11.3. The van der Waals surface area contributed by atoms with E-state index in [1.54, 1.807) is 0 Å². The van der Waals surface area contributed by atoms with Gasteiger partial charge in [0.2, 0.25) is 0 Å². The Bertz CT molecular complexity index is 338. The summed E-state index contributed by atoms with van der Waals surface area (Å²) in [5.74, 6) is 0. The first kappa shape index (κ1) is 11.4. The first-order valence-electron chi connectivity index (χ1n) is 4.90. The maximum Gasteiger partial charge on any atom is 0.315 e. The number of carbonyl (C=O) groups is 1. The quantitative estimate of drug-likeness (QED) is 0.778. The molecule has 1 aromatic rings. The van der Waals surface area contributed by atoms with Crippen LogP contribution in [0.25, 0.3) is 0 Å². The van der Waals surface area contributed by atoms with Crippen LogP contribution in [0.1, 0.15) is 25.2 Å². The molecule has 2 amide bonds. The molecule has 2 N–H and O–H groups in total. The van der Waals surface area contributed by atoms with E-state index >= 15 is 0 Å². The summed E-state index contributed by atoms with van der Waals surface area (Å²) in [6.45, 7) is 6.13. The number of aryl methyl sites for hydroxylation is 1. The third kappa shape index (κ3) is 4.39. The fraction of sp³-hybridized carbons (Fsp3) is 0.500. The Balaban J connectivity index is 2.40. The van der Waals surface area contributed by atoms with Crippen molar-refractivity contribution in [1.29, 1.82) is 0 Å². The van der Waals surface area contributed by atoms with Crippen molar-refractivity contribution < 1.29 is 4.79 Å². The van der Waals surface area contributed by atoms with E-state index in [1.165, 1.54) is 6.33 Å². The average molecular weight is 208 g/mol. The zero-order valence-electron chi connectivity index (χ0n) is 9.24. The van der Waals surface area contributed by atoms with Gasteiger partial charge >= 0.3 is 6.03 Å². The SMILES string of the molecule is Cc1cc(CNC(=O)NC(C)C)ncn1. The molecule has 0 spiro atoms. The maximum absolute atomic E-state index is 11.2. The van der Waals surface area contributed by atoms with Crippen molar-refractivity contribution in [2.75, 3.05) is 0 Å². The van der Waals surface area contributed by atoms with Crippen LogP contribution >= 0.6 is 0 Å². The lowest BCUT2D eigenvalue weighted by molar-refractivity contribution is 0.238.